The Morgan fingerprint density at radius 3 is 2.91 bits per heavy atom. The molecule has 176 valence electrons. The predicted molar refractivity (Wildman–Crippen MR) is 124 cm³/mol. The number of ether oxygens (including phenoxy) is 2. The number of hydrogen-bond acceptors (Lipinski definition) is 8. The molecule has 4 aromatic rings. The maximum atomic E-state index is 13.0. The van der Waals surface area contributed by atoms with E-state index in [1.165, 1.54) is 6.20 Å². The van der Waals surface area contributed by atoms with Crippen molar-refractivity contribution in [2.24, 2.45) is 0 Å². The molecule has 3 atom stereocenters. The van der Waals surface area contributed by atoms with E-state index in [0.717, 1.165) is 29.6 Å². The maximum absolute atomic E-state index is 13.0. The van der Waals surface area contributed by atoms with Crippen molar-refractivity contribution in [2.75, 3.05) is 38.8 Å². The first-order chi connectivity index (χ1) is 16.6. The standard InChI is InChI=1S/C23H25N7O4/c1-24-20-7-17(16-9-29(13-4-6-33-10-13)21-14(16)3-2-5-25-21)27-22-15(8-26-30(20)22)23(32)28-18-11-34-12-19(18)31/h2-3,5,7-9,13,18-19,24,31H,4,6,10-12H2,1H3,(H,28,32)/t13-,18-,19+/m1/s1. The predicted octanol–water partition coefficient (Wildman–Crippen LogP) is 1.24. The van der Waals surface area contributed by atoms with E-state index in [9.17, 15) is 9.90 Å². The van der Waals surface area contributed by atoms with Crippen LogP contribution >= 0.6 is 0 Å². The van der Waals surface area contributed by atoms with Crippen LogP contribution < -0.4 is 10.6 Å². The van der Waals surface area contributed by atoms with Gasteiger partial charge in [-0.1, -0.05) is 0 Å². The summed E-state index contributed by atoms with van der Waals surface area (Å²) in [7, 11) is 1.80. The normalized spacial score (nSPS) is 22.6. The second-order valence-electron chi connectivity index (χ2n) is 8.60. The van der Waals surface area contributed by atoms with Gasteiger partial charge in [-0.15, -0.1) is 0 Å². The third-order valence-electron chi connectivity index (χ3n) is 6.50. The minimum atomic E-state index is -0.736. The lowest BCUT2D eigenvalue weighted by Crippen LogP contribution is -2.42. The van der Waals surface area contributed by atoms with Gasteiger partial charge in [0.25, 0.3) is 5.91 Å². The molecule has 0 unspecified atom stereocenters. The number of amides is 1. The minimum Gasteiger partial charge on any atom is -0.388 e. The quantitative estimate of drug-likeness (QED) is 0.403. The molecule has 2 saturated heterocycles. The summed E-state index contributed by atoms with van der Waals surface area (Å²) in [6.45, 7) is 1.85. The highest BCUT2D eigenvalue weighted by Gasteiger charge is 2.29. The highest BCUT2D eigenvalue weighted by molar-refractivity contribution is 6.01. The van der Waals surface area contributed by atoms with Crippen LogP contribution in [0.15, 0.2) is 36.8 Å². The maximum Gasteiger partial charge on any atom is 0.257 e. The Kier molecular flexibility index (Phi) is 5.16. The number of rotatable bonds is 5. The van der Waals surface area contributed by atoms with Gasteiger partial charge >= 0.3 is 0 Å². The molecular formula is C23H25N7O4. The lowest BCUT2D eigenvalue weighted by atomic mass is 10.1. The number of aliphatic hydroxyl groups is 1. The molecule has 11 heteroatoms. The van der Waals surface area contributed by atoms with Gasteiger partial charge in [0.05, 0.1) is 49.9 Å². The Labute approximate surface area is 194 Å². The van der Waals surface area contributed by atoms with Gasteiger partial charge in [-0.25, -0.2) is 9.97 Å². The van der Waals surface area contributed by atoms with Gasteiger partial charge < -0.3 is 29.8 Å². The molecule has 4 aromatic heterocycles. The van der Waals surface area contributed by atoms with Gasteiger partial charge in [-0.3, -0.25) is 4.79 Å². The Balaban J connectivity index is 1.46. The summed E-state index contributed by atoms with van der Waals surface area (Å²) >= 11 is 0. The van der Waals surface area contributed by atoms with Gasteiger partial charge in [0, 0.05) is 43.1 Å². The number of anilines is 1. The zero-order valence-electron chi connectivity index (χ0n) is 18.6. The molecule has 1 amide bonds. The molecule has 0 aromatic carbocycles. The highest BCUT2D eigenvalue weighted by atomic mass is 16.5. The molecule has 0 aliphatic carbocycles. The van der Waals surface area contributed by atoms with Crippen LogP contribution in [0.1, 0.15) is 22.8 Å². The van der Waals surface area contributed by atoms with Crippen LogP contribution in [0.3, 0.4) is 0 Å². The number of pyridine rings is 1. The van der Waals surface area contributed by atoms with Crippen LogP contribution in [-0.4, -0.2) is 80.8 Å². The number of nitrogens with zero attached hydrogens (tertiary/aromatic N) is 5. The second kappa shape index (κ2) is 8.35. The number of aromatic nitrogens is 5. The molecule has 6 heterocycles. The first-order valence-corrected chi connectivity index (χ1v) is 11.3. The van der Waals surface area contributed by atoms with Crippen molar-refractivity contribution >= 4 is 28.4 Å². The highest BCUT2D eigenvalue weighted by Crippen LogP contribution is 2.34. The fraction of sp³-hybridized carbons (Fsp3) is 0.391. The summed E-state index contributed by atoms with van der Waals surface area (Å²) in [6, 6.07) is 5.60. The Morgan fingerprint density at radius 1 is 1.24 bits per heavy atom. The smallest absolute Gasteiger partial charge is 0.257 e. The topological polar surface area (TPSA) is 128 Å². The van der Waals surface area contributed by atoms with Crippen LogP contribution in [0.25, 0.3) is 27.9 Å². The van der Waals surface area contributed by atoms with Crippen LogP contribution in [0.5, 0.6) is 0 Å². The van der Waals surface area contributed by atoms with E-state index in [0.29, 0.717) is 29.3 Å². The molecule has 0 bridgehead atoms. The molecule has 34 heavy (non-hydrogen) atoms. The molecule has 11 nitrogen and oxygen atoms in total. The average Bonchev–Trinajstić information content (AvgIpc) is 3.64. The van der Waals surface area contributed by atoms with Crippen molar-refractivity contribution in [3.05, 3.63) is 42.4 Å². The first kappa shape index (κ1) is 21.0. The van der Waals surface area contributed by atoms with E-state index in [1.807, 2.05) is 18.2 Å². The van der Waals surface area contributed by atoms with Gasteiger partial charge in [0.1, 0.15) is 17.0 Å². The van der Waals surface area contributed by atoms with Crippen LogP contribution in [0.2, 0.25) is 0 Å². The van der Waals surface area contributed by atoms with Crippen LogP contribution in [0.4, 0.5) is 5.82 Å². The summed E-state index contributed by atoms with van der Waals surface area (Å²) in [4.78, 5) is 22.5. The van der Waals surface area contributed by atoms with Gasteiger partial charge in [0.15, 0.2) is 5.65 Å². The second-order valence-corrected chi connectivity index (χ2v) is 8.60. The SMILES string of the molecule is CNc1cc(-c2cn([C@@H]3CCOC3)c3ncccc23)nc2c(C(=O)N[C@@H]3COC[C@@H]3O)cnn12. The van der Waals surface area contributed by atoms with Crippen molar-refractivity contribution in [1.82, 2.24) is 29.5 Å². The molecule has 0 spiro atoms. The summed E-state index contributed by atoms with van der Waals surface area (Å²) in [5, 5.41) is 21.3. The third kappa shape index (κ3) is 3.40. The zero-order valence-corrected chi connectivity index (χ0v) is 18.6. The van der Waals surface area contributed by atoms with Crippen molar-refractivity contribution < 1.29 is 19.4 Å². The monoisotopic (exact) mass is 463 g/mol. The Bertz CT molecular complexity index is 1370. The van der Waals surface area contributed by atoms with Crippen molar-refractivity contribution in [3.63, 3.8) is 0 Å². The lowest BCUT2D eigenvalue weighted by Gasteiger charge is -2.14. The number of hydrogen-bond donors (Lipinski definition) is 3. The van der Waals surface area contributed by atoms with E-state index >= 15 is 0 Å². The Hall–Kier alpha value is -3.54. The van der Waals surface area contributed by atoms with Gasteiger partial charge in [0.2, 0.25) is 0 Å². The number of aliphatic hydroxyl groups excluding tert-OH is 1. The Morgan fingerprint density at radius 2 is 2.15 bits per heavy atom. The summed E-state index contributed by atoms with van der Waals surface area (Å²) < 4.78 is 14.6. The van der Waals surface area contributed by atoms with E-state index in [-0.39, 0.29) is 25.2 Å². The van der Waals surface area contributed by atoms with Gasteiger partial charge in [-0.2, -0.15) is 9.61 Å². The van der Waals surface area contributed by atoms with Gasteiger partial charge in [-0.05, 0) is 18.6 Å². The summed E-state index contributed by atoms with van der Waals surface area (Å²) in [6.07, 6.45) is 5.54. The number of fused-ring (bicyclic) bond motifs is 2. The molecular weight excluding hydrogens is 438 g/mol. The summed E-state index contributed by atoms with van der Waals surface area (Å²) in [5.74, 6) is 0.334. The third-order valence-corrected chi connectivity index (χ3v) is 6.50. The zero-order chi connectivity index (χ0) is 23.2. The van der Waals surface area contributed by atoms with Crippen LogP contribution in [0, 0.1) is 0 Å². The largest absolute Gasteiger partial charge is 0.388 e. The van der Waals surface area contributed by atoms with Crippen molar-refractivity contribution in [3.8, 4) is 11.3 Å². The molecule has 6 rings (SSSR count). The molecule has 2 aliphatic heterocycles. The van der Waals surface area contributed by atoms with E-state index in [2.05, 4.69) is 31.5 Å². The number of nitrogens with one attached hydrogen (secondary N) is 2. The lowest BCUT2D eigenvalue weighted by molar-refractivity contribution is 0.0888. The molecule has 2 aliphatic rings. The molecule has 0 saturated carbocycles. The first-order valence-electron chi connectivity index (χ1n) is 11.3. The fourth-order valence-corrected chi connectivity index (χ4v) is 4.67. The van der Waals surface area contributed by atoms with Crippen molar-refractivity contribution in [2.45, 2.75) is 24.6 Å². The fourth-order valence-electron chi connectivity index (χ4n) is 4.67. The van der Waals surface area contributed by atoms with E-state index in [1.54, 1.807) is 17.8 Å². The summed E-state index contributed by atoms with van der Waals surface area (Å²) in [5.41, 5.74) is 3.24. The molecule has 2 fully saturated rings. The van der Waals surface area contributed by atoms with Crippen LogP contribution in [-0.2, 0) is 9.47 Å². The van der Waals surface area contributed by atoms with E-state index < -0.39 is 12.1 Å². The van der Waals surface area contributed by atoms with E-state index in [4.69, 9.17) is 14.5 Å². The number of carbonyl (C=O) groups excluding carboxylic acids is 1. The molecule has 3 N–H and O–H groups in total. The minimum absolute atomic E-state index is 0.205. The average molecular weight is 463 g/mol. The van der Waals surface area contributed by atoms with Crippen molar-refractivity contribution in [1.29, 1.82) is 0 Å². The number of carbonyl (C=O) groups is 1. The molecule has 0 radical (unpaired) electrons.